The number of thioether (sulfide) groups is 1. The van der Waals surface area contributed by atoms with Gasteiger partial charge in [-0.25, -0.2) is 0 Å². The zero-order chi connectivity index (χ0) is 18.7. The van der Waals surface area contributed by atoms with Crippen LogP contribution in [0.25, 0.3) is 5.69 Å². The summed E-state index contributed by atoms with van der Waals surface area (Å²) in [4.78, 5) is 12.7. The largest absolute Gasteiger partial charge is 0.293 e. The highest BCUT2D eigenvalue weighted by atomic mass is 32.2. The van der Waals surface area contributed by atoms with E-state index in [1.165, 1.54) is 17.3 Å². The molecule has 3 rings (SSSR count). The van der Waals surface area contributed by atoms with Crippen LogP contribution in [-0.2, 0) is 0 Å². The quantitative estimate of drug-likeness (QED) is 0.476. The molecule has 0 bridgehead atoms. The number of Topliss-reactive ketones (excluding diaryl/α,β-unsaturated/α-hetero) is 1. The summed E-state index contributed by atoms with van der Waals surface area (Å²) in [5, 5.41) is 12.3. The maximum atomic E-state index is 12.7. The number of carbonyl (C=O) groups excluding carboxylic acids is 1. The van der Waals surface area contributed by atoms with Gasteiger partial charge in [-0.05, 0) is 47.9 Å². The number of benzene rings is 2. The summed E-state index contributed by atoms with van der Waals surface area (Å²) in [5.74, 6) is 0.540. The van der Waals surface area contributed by atoms with Crippen LogP contribution in [0.5, 0.6) is 0 Å². The average molecular weight is 366 g/mol. The number of ketones is 1. The topological polar surface area (TPSA) is 60.7 Å². The van der Waals surface area contributed by atoms with Crippen LogP contribution in [0.1, 0.15) is 48.2 Å². The summed E-state index contributed by atoms with van der Waals surface area (Å²) in [6.45, 7) is 8.20. The van der Waals surface area contributed by atoms with Gasteiger partial charge in [0.2, 0.25) is 5.16 Å². The van der Waals surface area contributed by atoms with Crippen molar-refractivity contribution in [3.63, 3.8) is 0 Å². The van der Waals surface area contributed by atoms with Crippen molar-refractivity contribution in [3.05, 3.63) is 65.2 Å². The van der Waals surface area contributed by atoms with Gasteiger partial charge < -0.3 is 0 Å². The second-order valence-electron chi connectivity index (χ2n) is 6.61. The fourth-order valence-electron chi connectivity index (χ4n) is 2.58. The lowest BCUT2D eigenvalue weighted by Gasteiger charge is -2.11. The van der Waals surface area contributed by atoms with Crippen LogP contribution < -0.4 is 0 Å². The van der Waals surface area contributed by atoms with Crippen LogP contribution in [0.15, 0.2) is 53.7 Å². The monoisotopic (exact) mass is 366 g/mol. The molecule has 0 amide bonds. The lowest BCUT2D eigenvalue weighted by molar-refractivity contribution is 0.0994. The Morgan fingerprint density at radius 3 is 2.27 bits per heavy atom. The van der Waals surface area contributed by atoms with Gasteiger partial charge in [-0.3, -0.25) is 4.79 Å². The molecule has 5 nitrogen and oxygen atoms in total. The summed E-state index contributed by atoms with van der Waals surface area (Å²) < 4.78 is 1.67. The first kappa shape index (κ1) is 18.3. The van der Waals surface area contributed by atoms with E-state index >= 15 is 0 Å². The number of aryl methyl sites for hydroxylation is 1. The first-order chi connectivity index (χ1) is 12.5. The predicted molar refractivity (Wildman–Crippen MR) is 104 cm³/mol. The van der Waals surface area contributed by atoms with Gasteiger partial charge >= 0.3 is 0 Å². The average Bonchev–Trinajstić information content (AvgIpc) is 3.10. The van der Waals surface area contributed by atoms with Gasteiger partial charge in [0, 0.05) is 5.56 Å². The molecule has 0 saturated carbocycles. The minimum atomic E-state index is -0.280. The van der Waals surface area contributed by atoms with Gasteiger partial charge in [0.25, 0.3) is 0 Å². The van der Waals surface area contributed by atoms with Gasteiger partial charge in [-0.1, -0.05) is 67.6 Å². The molecular weight excluding hydrogens is 344 g/mol. The Morgan fingerprint density at radius 2 is 1.65 bits per heavy atom. The molecule has 0 aliphatic carbocycles. The molecule has 0 unspecified atom stereocenters. The third-order valence-electron chi connectivity index (χ3n) is 4.23. The zero-order valence-electron chi connectivity index (χ0n) is 15.4. The first-order valence-electron chi connectivity index (χ1n) is 8.62. The second kappa shape index (κ2) is 7.83. The molecule has 6 heteroatoms. The SMILES string of the molecule is Cc1ccc(C(=O)[C@H](C)Sc2nnnn2-c2ccc(C(C)C)cc2)cc1. The molecule has 1 heterocycles. The Labute approximate surface area is 157 Å². The van der Waals surface area contributed by atoms with Crippen molar-refractivity contribution >= 4 is 17.5 Å². The fourth-order valence-corrected chi connectivity index (χ4v) is 3.46. The van der Waals surface area contributed by atoms with Gasteiger partial charge in [0.1, 0.15) is 0 Å². The van der Waals surface area contributed by atoms with Crippen molar-refractivity contribution in [1.29, 1.82) is 0 Å². The predicted octanol–water partition coefficient (Wildman–Crippen LogP) is 4.46. The van der Waals surface area contributed by atoms with Crippen molar-refractivity contribution in [2.75, 3.05) is 0 Å². The summed E-state index contributed by atoms with van der Waals surface area (Å²) in [6, 6.07) is 15.8. The Balaban J connectivity index is 1.78. The van der Waals surface area contributed by atoms with Crippen LogP contribution in [0, 0.1) is 6.92 Å². The van der Waals surface area contributed by atoms with Crippen LogP contribution in [0.3, 0.4) is 0 Å². The third-order valence-corrected chi connectivity index (χ3v) is 5.27. The van der Waals surface area contributed by atoms with E-state index in [1.807, 2.05) is 50.2 Å². The minimum Gasteiger partial charge on any atom is -0.293 e. The number of hydrogen-bond acceptors (Lipinski definition) is 5. The van der Waals surface area contributed by atoms with E-state index in [2.05, 4.69) is 41.5 Å². The van der Waals surface area contributed by atoms with E-state index in [1.54, 1.807) is 4.68 Å². The highest BCUT2D eigenvalue weighted by molar-refractivity contribution is 8.00. The van der Waals surface area contributed by atoms with Crippen molar-refractivity contribution in [3.8, 4) is 5.69 Å². The standard InChI is InChI=1S/C20H22N4OS/c1-13(2)16-9-11-18(12-10-16)24-20(21-22-23-24)26-15(4)19(25)17-7-5-14(3)6-8-17/h5-13,15H,1-4H3/t15-/m0/s1. The molecule has 0 spiro atoms. The molecule has 0 aliphatic heterocycles. The Morgan fingerprint density at radius 1 is 1.00 bits per heavy atom. The highest BCUT2D eigenvalue weighted by Crippen LogP contribution is 2.26. The molecule has 2 aromatic carbocycles. The summed E-state index contributed by atoms with van der Waals surface area (Å²) in [7, 11) is 0. The Kier molecular flexibility index (Phi) is 5.52. The van der Waals surface area contributed by atoms with Crippen LogP contribution in [0.2, 0.25) is 0 Å². The molecular formula is C20H22N4OS. The molecule has 134 valence electrons. The lowest BCUT2D eigenvalue weighted by Crippen LogP contribution is -2.14. The molecule has 0 radical (unpaired) electrons. The van der Waals surface area contributed by atoms with E-state index in [9.17, 15) is 4.79 Å². The summed E-state index contributed by atoms with van der Waals surface area (Å²) in [5.41, 5.74) is 3.99. The van der Waals surface area contributed by atoms with Gasteiger partial charge in [-0.2, -0.15) is 4.68 Å². The molecule has 0 aliphatic rings. The molecule has 1 aromatic heterocycles. The number of nitrogens with zero attached hydrogens (tertiary/aromatic N) is 4. The van der Waals surface area contributed by atoms with Crippen molar-refractivity contribution in [2.45, 2.75) is 44.0 Å². The summed E-state index contributed by atoms with van der Waals surface area (Å²) in [6.07, 6.45) is 0. The smallest absolute Gasteiger partial charge is 0.214 e. The lowest BCUT2D eigenvalue weighted by atomic mass is 10.0. The van der Waals surface area contributed by atoms with E-state index in [0.29, 0.717) is 16.6 Å². The van der Waals surface area contributed by atoms with Gasteiger partial charge in [0.15, 0.2) is 5.78 Å². The minimum absolute atomic E-state index is 0.0692. The Bertz CT molecular complexity index is 885. The molecule has 0 saturated heterocycles. The number of carbonyl (C=O) groups is 1. The summed E-state index contributed by atoms with van der Waals surface area (Å²) >= 11 is 1.37. The van der Waals surface area contributed by atoms with Crippen LogP contribution in [-0.4, -0.2) is 31.2 Å². The molecule has 0 N–H and O–H groups in total. The maximum Gasteiger partial charge on any atom is 0.214 e. The molecule has 26 heavy (non-hydrogen) atoms. The number of aromatic nitrogens is 4. The highest BCUT2D eigenvalue weighted by Gasteiger charge is 2.20. The zero-order valence-corrected chi connectivity index (χ0v) is 16.2. The van der Waals surface area contributed by atoms with Crippen molar-refractivity contribution in [1.82, 2.24) is 20.2 Å². The van der Waals surface area contributed by atoms with E-state index in [0.717, 1.165) is 11.3 Å². The molecule has 0 fully saturated rings. The van der Waals surface area contributed by atoms with E-state index in [-0.39, 0.29) is 11.0 Å². The molecule has 3 aromatic rings. The number of tetrazole rings is 1. The van der Waals surface area contributed by atoms with E-state index in [4.69, 9.17) is 0 Å². The second-order valence-corrected chi connectivity index (χ2v) is 7.92. The number of rotatable bonds is 6. The van der Waals surface area contributed by atoms with Gasteiger partial charge in [-0.15, -0.1) is 5.10 Å². The van der Waals surface area contributed by atoms with Gasteiger partial charge in [0.05, 0.1) is 10.9 Å². The first-order valence-corrected chi connectivity index (χ1v) is 9.50. The Hall–Kier alpha value is -2.47. The van der Waals surface area contributed by atoms with Crippen molar-refractivity contribution in [2.24, 2.45) is 0 Å². The maximum absolute atomic E-state index is 12.7. The van der Waals surface area contributed by atoms with Crippen molar-refractivity contribution < 1.29 is 4.79 Å². The normalized spacial score (nSPS) is 12.3. The van der Waals surface area contributed by atoms with Crippen LogP contribution in [0.4, 0.5) is 0 Å². The third kappa shape index (κ3) is 4.02. The number of hydrogen-bond donors (Lipinski definition) is 0. The molecule has 1 atom stereocenters. The fraction of sp³-hybridized carbons (Fsp3) is 0.300. The van der Waals surface area contributed by atoms with E-state index < -0.39 is 0 Å². The van der Waals surface area contributed by atoms with Crippen LogP contribution >= 0.6 is 11.8 Å².